The van der Waals surface area contributed by atoms with Crippen molar-refractivity contribution in [3.63, 3.8) is 0 Å². The molecule has 82 valence electrons. The first-order valence-corrected chi connectivity index (χ1v) is 5.30. The Labute approximate surface area is 86.7 Å². The summed E-state index contributed by atoms with van der Waals surface area (Å²) in [5.41, 5.74) is -0.696. The molecule has 0 spiro atoms. The Bertz CT molecular complexity index is 188. The van der Waals surface area contributed by atoms with Gasteiger partial charge in [0.05, 0.1) is 19.3 Å². The van der Waals surface area contributed by atoms with Gasteiger partial charge in [-0.2, -0.15) is 5.26 Å². The molecule has 2 atom stereocenters. The van der Waals surface area contributed by atoms with Crippen molar-refractivity contribution < 1.29 is 9.84 Å². The zero-order valence-electron chi connectivity index (χ0n) is 9.42. The quantitative estimate of drug-likeness (QED) is 0.683. The standard InChI is InChI=1S/C11H21NO2/c1-4-10(3)8-11(5-2,9-12)14-7-6-13/h10,13H,4-8H2,1-3H3. The Morgan fingerprint density at radius 2 is 2.14 bits per heavy atom. The molecular weight excluding hydrogens is 178 g/mol. The van der Waals surface area contributed by atoms with Crippen molar-refractivity contribution in [2.45, 2.75) is 45.6 Å². The van der Waals surface area contributed by atoms with Crippen LogP contribution >= 0.6 is 0 Å². The first-order chi connectivity index (χ1) is 6.64. The summed E-state index contributed by atoms with van der Waals surface area (Å²) in [5.74, 6) is 0.480. The Kier molecular flexibility index (Phi) is 6.52. The summed E-state index contributed by atoms with van der Waals surface area (Å²) in [6.45, 7) is 6.39. The molecule has 0 bridgehead atoms. The molecule has 0 saturated heterocycles. The fourth-order valence-corrected chi connectivity index (χ4v) is 1.41. The fraction of sp³-hybridized carbons (Fsp3) is 0.909. The minimum Gasteiger partial charge on any atom is -0.394 e. The normalized spacial score (nSPS) is 17.1. The molecule has 14 heavy (non-hydrogen) atoms. The molecule has 3 nitrogen and oxygen atoms in total. The molecule has 0 amide bonds. The van der Waals surface area contributed by atoms with E-state index in [1.165, 1.54) is 0 Å². The maximum atomic E-state index is 9.09. The highest BCUT2D eigenvalue weighted by atomic mass is 16.5. The fourth-order valence-electron chi connectivity index (χ4n) is 1.41. The Balaban J connectivity index is 4.30. The number of aliphatic hydroxyl groups is 1. The van der Waals surface area contributed by atoms with Crippen molar-refractivity contribution in [2.24, 2.45) is 5.92 Å². The Morgan fingerprint density at radius 3 is 2.50 bits per heavy atom. The molecule has 2 unspecified atom stereocenters. The van der Waals surface area contributed by atoms with Gasteiger partial charge in [-0.25, -0.2) is 0 Å². The SMILES string of the molecule is CCC(C)CC(C#N)(CC)OCCO. The van der Waals surface area contributed by atoms with Crippen molar-refractivity contribution in [2.75, 3.05) is 13.2 Å². The number of hydrogen-bond donors (Lipinski definition) is 1. The summed E-state index contributed by atoms with van der Waals surface area (Å²) in [6, 6.07) is 2.23. The van der Waals surface area contributed by atoms with Crippen molar-refractivity contribution >= 4 is 0 Å². The van der Waals surface area contributed by atoms with Crippen molar-refractivity contribution in [3.8, 4) is 6.07 Å². The lowest BCUT2D eigenvalue weighted by Crippen LogP contribution is -2.33. The Morgan fingerprint density at radius 1 is 1.50 bits per heavy atom. The third-order valence-corrected chi connectivity index (χ3v) is 2.62. The zero-order chi connectivity index (χ0) is 11.0. The van der Waals surface area contributed by atoms with E-state index in [4.69, 9.17) is 15.1 Å². The van der Waals surface area contributed by atoms with E-state index >= 15 is 0 Å². The second-order valence-electron chi connectivity index (χ2n) is 3.75. The van der Waals surface area contributed by atoms with Gasteiger partial charge in [-0.15, -0.1) is 0 Å². The van der Waals surface area contributed by atoms with E-state index in [9.17, 15) is 0 Å². The first kappa shape index (κ1) is 13.4. The molecule has 0 saturated carbocycles. The molecule has 0 rings (SSSR count). The highest BCUT2D eigenvalue weighted by molar-refractivity contribution is 5.01. The van der Waals surface area contributed by atoms with Gasteiger partial charge in [0.2, 0.25) is 0 Å². The van der Waals surface area contributed by atoms with Crippen LogP contribution in [0.3, 0.4) is 0 Å². The molecule has 0 aliphatic rings. The van der Waals surface area contributed by atoms with Gasteiger partial charge in [-0.05, 0) is 18.8 Å². The number of nitrogens with zero attached hydrogens (tertiary/aromatic N) is 1. The maximum absolute atomic E-state index is 9.09. The third-order valence-electron chi connectivity index (χ3n) is 2.62. The summed E-state index contributed by atoms with van der Waals surface area (Å²) in [5, 5.41) is 17.8. The smallest absolute Gasteiger partial charge is 0.154 e. The van der Waals surface area contributed by atoms with Crippen molar-refractivity contribution in [1.29, 1.82) is 5.26 Å². The lowest BCUT2D eigenvalue weighted by atomic mass is 9.89. The third kappa shape index (κ3) is 4.08. The zero-order valence-corrected chi connectivity index (χ0v) is 9.42. The van der Waals surface area contributed by atoms with E-state index in [-0.39, 0.29) is 13.2 Å². The molecule has 0 aromatic carbocycles. The Hall–Kier alpha value is -0.590. The number of rotatable bonds is 7. The van der Waals surface area contributed by atoms with Gasteiger partial charge in [-0.3, -0.25) is 0 Å². The van der Waals surface area contributed by atoms with Crippen LogP contribution in [-0.4, -0.2) is 23.9 Å². The van der Waals surface area contributed by atoms with Gasteiger partial charge in [0.15, 0.2) is 5.60 Å². The molecule has 1 N–H and O–H groups in total. The second-order valence-corrected chi connectivity index (χ2v) is 3.75. The topological polar surface area (TPSA) is 53.2 Å². The van der Waals surface area contributed by atoms with E-state index in [1.54, 1.807) is 0 Å². The average Bonchev–Trinajstić information content (AvgIpc) is 2.24. The molecule has 0 aliphatic heterocycles. The van der Waals surface area contributed by atoms with E-state index in [0.717, 1.165) is 12.8 Å². The van der Waals surface area contributed by atoms with Gasteiger partial charge in [0.25, 0.3) is 0 Å². The first-order valence-electron chi connectivity index (χ1n) is 5.30. The molecule has 0 radical (unpaired) electrons. The van der Waals surface area contributed by atoms with Crippen LogP contribution in [-0.2, 0) is 4.74 Å². The van der Waals surface area contributed by atoms with Gasteiger partial charge < -0.3 is 9.84 Å². The number of ether oxygens (including phenoxy) is 1. The predicted octanol–water partition coefficient (Wildman–Crippen LogP) is 2.10. The monoisotopic (exact) mass is 199 g/mol. The van der Waals surface area contributed by atoms with Crippen molar-refractivity contribution in [3.05, 3.63) is 0 Å². The van der Waals surface area contributed by atoms with Crippen LogP contribution in [0.1, 0.15) is 40.0 Å². The molecule has 0 fully saturated rings. The molecule has 0 heterocycles. The van der Waals surface area contributed by atoms with Crippen LogP contribution < -0.4 is 0 Å². The van der Waals surface area contributed by atoms with Gasteiger partial charge in [0.1, 0.15) is 0 Å². The summed E-state index contributed by atoms with van der Waals surface area (Å²) >= 11 is 0. The largest absolute Gasteiger partial charge is 0.394 e. The molecular formula is C11H21NO2. The molecule has 0 aromatic rings. The van der Waals surface area contributed by atoms with Crippen LogP contribution in [0.2, 0.25) is 0 Å². The van der Waals surface area contributed by atoms with Gasteiger partial charge >= 0.3 is 0 Å². The van der Waals surface area contributed by atoms with Crippen LogP contribution in [0.15, 0.2) is 0 Å². The number of aliphatic hydroxyl groups excluding tert-OH is 1. The van der Waals surface area contributed by atoms with Crippen LogP contribution in [0.25, 0.3) is 0 Å². The lowest BCUT2D eigenvalue weighted by Gasteiger charge is -2.27. The van der Waals surface area contributed by atoms with Crippen LogP contribution in [0.5, 0.6) is 0 Å². The predicted molar refractivity (Wildman–Crippen MR) is 55.7 cm³/mol. The number of hydrogen-bond acceptors (Lipinski definition) is 3. The summed E-state index contributed by atoms with van der Waals surface area (Å²) in [4.78, 5) is 0. The van der Waals surface area contributed by atoms with E-state index in [2.05, 4.69) is 19.9 Å². The van der Waals surface area contributed by atoms with Crippen molar-refractivity contribution in [1.82, 2.24) is 0 Å². The van der Waals surface area contributed by atoms with Gasteiger partial charge in [0, 0.05) is 0 Å². The highest BCUT2D eigenvalue weighted by Gasteiger charge is 2.30. The van der Waals surface area contributed by atoms with Gasteiger partial charge in [-0.1, -0.05) is 27.2 Å². The maximum Gasteiger partial charge on any atom is 0.154 e. The van der Waals surface area contributed by atoms with E-state index in [1.807, 2.05) is 6.92 Å². The summed E-state index contributed by atoms with van der Waals surface area (Å²) in [7, 11) is 0. The molecule has 3 heteroatoms. The average molecular weight is 199 g/mol. The second kappa shape index (κ2) is 6.80. The van der Waals surface area contributed by atoms with Crippen LogP contribution in [0, 0.1) is 17.2 Å². The minimum atomic E-state index is -0.696. The van der Waals surface area contributed by atoms with Crippen LogP contribution in [0.4, 0.5) is 0 Å². The molecule has 0 aromatic heterocycles. The minimum absolute atomic E-state index is 0.0239. The van der Waals surface area contributed by atoms with E-state index in [0.29, 0.717) is 12.3 Å². The van der Waals surface area contributed by atoms with E-state index < -0.39 is 5.60 Å². The highest BCUT2D eigenvalue weighted by Crippen LogP contribution is 2.25. The summed E-state index contributed by atoms with van der Waals surface area (Å²) < 4.78 is 5.44. The summed E-state index contributed by atoms with van der Waals surface area (Å²) in [6.07, 6.45) is 2.47. The molecule has 0 aliphatic carbocycles. The number of nitriles is 1. The lowest BCUT2D eigenvalue weighted by molar-refractivity contribution is -0.0353.